The molecule has 4 N–H and O–H groups in total. The predicted molar refractivity (Wildman–Crippen MR) is 45.1 cm³/mol. The van der Waals surface area contributed by atoms with E-state index in [1.807, 2.05) is 0 Å². The van der Waals surface area contributed by atoms with Gasteiger partial charge in [0.05, 0.1) is 7.85 Å². The zero-order valence-electron chi connectivity index (χ0n) is 6.42. The summed E-state index contributed by atoms with van der Waals surface area (Å²) in [4.78, 5) is 2.17. The van der Waals surface area contributed by atoms with Gasteiger partial charge in [0, 0.05) is 26.2 Å². The molecule has 0 aromatic heterocycles. The molecule has 0 saturated heterocycles. The molecule has 0 heterocycles. The average Bonchev–Trinajstić information content (AvgIpc) is 1.90. The Morgan fingerprint density at radius 1 is 1.00 bits per heavy atom. The quantitative estimate of drug-likeness (QED) is 0.456. The molecular formula is C6H16BN3. The third-order valence-electron chi connectivity index (χ3n) is 1.34. The maximum absolute atomic E-state index is 5.37. The van der Waals surface area contributed by atoms with E-state index in [-0.39, 0.29) is 0 Å². The molecular weight excluding hydrogens is 125 g/mol. The topological polar surface area (TPSA) is 55.3 Å². The highest BCUT2D eigenvalue weighted by Crippen LogP contribution is 1.86. The molecule has 0 aliphatic heterocycles. The molecule has 0 rings (SSSR count). The van der Waals surface area contributed by atoms with Gasteiger partial charge in [-0.2, -0.15) is 0 Å². The van der Waals surface area contributed by atoms with Crippen molar-refractivity contribution in [3.63, 3.8) is 0 Å². The smallest absolute Gasteiger partial charge is 0.0670 e. The van der Waals surface area contributed by atoms with Crippen molar-refractivity contribution in [2.75, 3.05) is 32.7 Å². The van der Waals surface area contributed by atoms with Gasteiger partial charge < -0.3 is 16.4 Å². The summed E-state index contributed by atoms with van der Waals surface area (Å²) >= 11 is 0. The second-order valence-electron chi connectivity index (χ2n) is 2.21. The molecule has 4 heteroatoms. The third kappa shape index (κ3) is 4.79. The van der Waals surface area contributed by atoms with Crippen molar-refractivity contribution in [1.29, 1.82) is 0 Å². The lowest BCUT2D eigenvalue weighted by Crippen LogP contribution is -2.34. The zero-order chi connectivity index (χ0) is 7.82. The first-order chi connectivity index (χ1) is 4.85. The molecule has 0 aromatic carbocycles. The molecule has 0 aliphatic rings. The zero-order valence-corrected chi connectivity index (χ0v) is 6.42. The third-order valence-corrected chi connectivity index (χ3v) is 1.34. The van der Waals surface area contributed by atoms with Crippen LogP contribution in [-0.2, 0) is 0 Å². The van der Waals surface area contributed by atoms with Crippen LogP contribution >= 0.6 is 0 Å². The minimum atomic E-state index is 0.681. The first-order valence-electron chi connectivity index (χ1n) is 3.67. The number of hydrogen-bond acceptors (Lipinski definition) is 3. The number of hydrogen-bond donors (Lipinski definition) is 2. The normalized spacial score (nSPS) is 10.7. The summed E-state index contributed by atoms with van der Waals surface area (Å²) in [7, 11) is 5.37. The van der Waals surface area contributed by atoms with Crippen LogP contribution in [0.15, 0.2) is 0 Å². The highest BCUT2D eigenvalue weighted by molar-refractivity contribution is 6.08. The molecule has 58 valence electrons. The van der Waals surface area contributed by atoms with Gasteiger partial charge in [-0.1, -0.05) is 6.32 Å². The summed E-state index contributed by atoms with van der Waals surface area (Å²) in [5.74, 6) is 0. The Hall–Kier alpha value is -0.0551. The molecule has 0 aliphatic carbocycles. The van der Waals surface area contributed by atoms with E-state index < -0.39 is 0 Å². The second-order valence-corrected chi connectivity index (χ2v) is 2.21. The summed E-state index contributed by atoms with van der Waals surface area (Å²) in [6.45, 7) is 4.05. The lowest BCUT2D eigenvalue weighted by molar-refractivity contribution is 0.305. The number of nitrogens with zero attached hydrogens (tertiary/aromatic N) is 1. The van der Waals surface area contributed by atoms with Crippen LogP contribution < -0.4 is 11.5 Å². The Balaban J connectivity index is 3.30. The predicted octanol–water partition coefficient (Wildman–Crippen LogP) is -1.21. The van der Waals surface area contributed by atoms with E-state index in [9.17, 15) is 0 Å². The van der Waals surface area contributed by atoms with E-state index in [1.54, 1.807) is 0 Å². The highest BCUT2D eigenvalue weighted by Gasteiger charge is 1.98. The number of rotatable bonds is 6. The Morgan fingerprint density at radius 2 is 1.50 bits per heavy atom. The average molecular weight is 141 g/mol. The van der Waals surface area contributed by atoms with Gasteiger partial charge in [0.2, 0.25) is 0 Å². The van der Waals surface area contributed by atoms with Gasteiger partial charge in [0.25, 0.3) is 0 Å². The van der Waals surface area contributed by atoms with E-state index in [4.69, 9.17) is 19.3 Å². The van der Waals surface area contributed by atoms with Crippen LogP contribution in [0.3, 0.4) is 0 Å². The Morgan fingerprint density at radius 3 is 1.80 bits per heavy atom. The van der Waals surface area contributed by atoms with E-state index in [0.29, 0.717) is 19.4 Å². The van der Waals surface area contributed by atoms with Gasteiger partial charge in [-0.3, -0.25) is 0 Å². The fourth-order valence-electron chi connectivity index (χ4n) is 0.883. The molecule has 2 radical (unpaired) electrons. The molecule has 0 spiro atoms. The molecule has 0 amide bonds. The van der Waals surface area contributed by atoms with Crippen molar-refractivity contribution < 1.29 is 0 Å². The van der Waals surface area contributed by atoms with Crippen LogP contribution in [-0.4, -0.2) is 45.5 Å². The van der Waals surface area contributed by atoms with Gasteiger partial charge in [0.1, 0.15) is 0 Å². The van der Waals surface area contributed by atoms with Crippen molar-refractivity contribution in [2.45, 2.75) is 6.32 Å². The molecule has 0 saturated carbocycles. The maximum Gasteiger partial charge on any atom is 0.0670 e. The lowest BCUT2D eigenvalue weighted by Gasteiger charge is -2.19. The summed E-state index contributed by atoms with van der Waals surface area (Å²) in [6.07, 6.45) is 0.681. The van der Waals surface area contributed by atoms with Crippen molar-refractivity contribution >= 4 is 7.85 Å². The maximum atomic E-state index is 5.37. The fraction of sp³-hybridized carbons (Fsp3) is 1.00. The van der Waals surface area contributed by atoms with Gasteiger partial charge >= 0.3 is 0 Å². The van der Waals surface area contributed by atoms with E-state index in [2.05, 4.69) is 4.90 Å². The molecule has 0 bridgehead atoms. The molecule has 3 nitrogen and oxygen atoms in total. The van der Waals surface area contributed by atoms with Crippen LogP contribution in [0.2, 0.25) is 6.32 Å². The summed E-state index contributed by atoms with van der Waals surface area (Å²) in [5, 5.41) is 0. The SMILES string of the molecule is [B]CCN(CCN)CCN. The minimum Gasteiger partial charge on any atom is -0.329 e. The molecule has 0 unspecified atom stereocenters. The van der Waals surface area contributed by atoms with Crippen molar-refractivity contribution in [3.8, 4) is 0 Å². The largest absolute Gasteiger partial charge is 0.329 e. The Labute approximate surface area is 64.2 Å². The van der Waals surface area contributed by atoms with Crippen molar-refractivity contribution in [2.24, 2.45) is 11.5 Å². The van der Waals surface area contributed by atoms with E-state index in [0.717, 1.165) is 19.6 Å². The first-order valence-corrected chi connectivity index (χ1v) is 3.67. The lowest BCUT2D eigenvalue weighted by atomic mass is 10.1. The highest BCUT2D eigenvalue weighted by atomic mass is 15.1. The van der Waals surface area contributed by atoms with Crippen LogP contribution in [0.1, 0.15) is 0 Å². The summed E-state index contributed by atoms with van der Waals surface area (Å²) in [6, 6.07) is 0. The van der Waals surface area contributed by atoms with Gasteiger partial charge in [-0.25, -0.2) is 0 Å². The van der Waals surface area contributed by atoms with Gasteiger partial charge in [0.15, 0.2) is 0 Å². The summed E-state index contributed by atoms with van der Waals surface area (Å²) < 4.78 is 0. The van der Waals surface area contributed by atoms with Crippen molar-refractivity contribution in [1.82, 2.24) is 4.90 Å². The van der Waals surface area contributed by atoms with Gasteiger partial charge in [-0.15, -0.1) is 0 Å². The van der Waals surface area contributed by atoms with E-state index in [1.165, 1.54) is 0 Å². The fourth-order valence-corrected chi connectivity index (χ4v) is 0.883. The first kappa shape index (κ1) is 9.94. The van der Waals surface area contributed by atoms with Crippen LogP contribution in [0.4, 0.5) is 0 Å². The van der Waals surface area contributed by atoms with Crippen LogP contribution in [0.25, 0.3) is 0 Å². The monoisotopic (exact) mass is 141 g/mol. The van der Waals surface area contributed by atoms with Crippen LogP contribution in [0.5, 0.6) is 0 Å². The standard InChI is InChI=1S/C6H16BN3/c7-1-4-10(5-2-8)6-3-9/h1-6,8-9H2. The summed E-state index contributed by atoms with van der Waals surface area (Å²) in [5.41, 5.74) is 10.7. The molecule has 0 aromatic rings. The molecule has 10 heavy (non-hydrogen) atoms. The Kier molecular flexibility index (Phi) is 7.02. The van der Waals surface area contributed by atoms with Gasteiger partial charge in [-0.05, 0) is 6.54 Å². The molecule has 0 atom stereocenters. The van der Waals surface area contributed by atoms with Crippen molar-refractivity contribution in [3.05, 3.63) is 0 Å². The van der Waals surface area contributed by atoms with Crippen LogP contribution in [0, 0.1) is 0 Å². The van der Waals surface area contributed by atoms with E-state index >= 15 is 0 Å². The second kappa shape index (κ2) is 7.06. The number of nitrogens with two attached hydrogens (primary N) is 2. The Bertz CT molecular complexity index is 55.7. The molecule has 0 fully saturated rings. The minimum absolute atomic E-state index is 0.681.